The summed E-state index contributed by atoms with van der Waals surface area (Å²) in [6, 6.07) is 6.72. The predicted octanol–water partition coefficient (Wildman–Crippen LogP) is 1.80. The maximum atomic E-state index is 8.86. The molecule has 2 rings (SSSR count). The third-order valence-corrected chi connectivity index (χ3v) is 4.00. The molecule has 0 radical (unpaired) electrons. The highest BCUT2D eigenvalue weighted by Crippen LogP contribution is 2.14. The number of benzene rings is 1. The van der Waals surface area contributed by atoms with Gasteiger partial charge in [-0.25, -0.2) is 0 Å². The Morgan fingerprint density at radius 1 is 1.05 bits per heavy atom. The van der Waals surface area contributed by atoms with Gasteiger partial charge in [-0.15, -0.1) is 0 Å². The van der Waals surface area contributed by atoms with Crippen molar-refractivity contribution in [3.05, 3.63) is 34.9 Å². The molecule has 0 bridgehead atoms. The minimum atomic E-state index is 0.308. The molecule has 19 heavy (non-hydrogen) atoms. The highest BCUT2D eigenvalue weighted by Gasteiger charge is 2.16. The summed E-state index contributed by atoms with van der Waals surface area (Å²) in [5.41, 5.74) is 4.21. The first-order chi connectivity index (χ1) is 9.19. The van der Waals surface area contributed by atoms with Gasteiger partial charge < -0.3 is 10.0 Å². The van der Waals surface area contributed by atoms with Gasteiger partial charge in [0.15, 0.2) is 0 Å². The normalized spacial score (nSPS) is 17.8. The minimum absolute atomic E-state index is 0.308. The molecule has 3 nitrogen and oxygen atoms in total. The zero-order valence-electron chi connectivity index (χ0n) is 12.2. The van der Waals surface area contributed by atoms with Crippen LogP contribution in [0.4, 0.5) is 0 Å². The van der Waals surface area contributed by atoms with Crippen molar-refractivity contribution in [3.63, 3.8) is 0 Å². The van der Waals surface area contributed by atoms with E-state index in [1.165, 1.54) is 16.7 Å². The average molecular weight is 262 g/mol. The Bertz CT molecular complexity index is 398. The van der Waals surface area contributed by atoms with Crippen LogP contribution in [0.3, 0.4) is 0 Å². The zero-order chi connectivity index (χ0) is 13.7. The summed E-state index contributed by atoms with van der Waals surface area (Å²) in [6.07, 6.45) is 0.900. The number of aliphatic hydroxyl groups is 1. The molecule has 0 saturated carbocycles. The van der Waals surface area contributed by atoms with E-state index in [9.17, 15) is 0 Å². The van der Waals surface area contributed by atoms with E-state index in [0.29, 0.717) is 6.61 Å². The Morgan fingerprint density at radius 3 is 2.42 bits per heavy atom. The fourth-order valence-corrected chi connectivity index (χ4v) is 2.68. The standard InChI is InChI=1S/C16H26N2O/c1-14-4-5-15(2)16(12-14)13-18-9-7-17(8-10-18)6-3-11-19/h4-5,12,19H,3,6-11,13H2,1-2H3. The lowest BCUT2D eigenvalue weighted by atomic mass is 10.0. The lowest BCUT2D eigenvalue weighted by Crippen LogP contribution is -2.46. The fraction of sp³-hybridized carbons (Fsp3) is 0.625. The maximum Gasteiger partial charge on any atom is 0.0443 e. The van der Waals surface area contributed by atoms with Crippen LogP contribution in [0, 0.1) is 13.8 Å². The van der Waals surface area contributed by atoms with Gasteiger partial charge in [-0.3, -0.25) is 4.90 Å². The number of aryl methyl sites for hydroxylation is 2. The first-order valence-electron chi connectivity index (χ1n) is 7.31. The molecule has 1 aromatic rings. The third-order valence-electron chi connectivity index (χ3n) is 4.00. The topological polar surface area (TPSA) is 26.7 Å². The van der Waals surface area contributed by atoms with Gasteiger partial charge in [-0.05, 0) is 31.4 Å². The van der Waals surface area contributed by atoms with E-state index in [-0.39, 0.29) is 0 Å². The van der Waals surface area contributed by atoms with Crippen molar-refractivity contribution in [3.8, 4) is 0 Å². The van der Waals surface area contributed by atoms with E-state index >= 15 is 0 Å². The van der Waals surface area contributed by atoms with E-state index in [2.05, 4.69) is 41.8 Å². The van der Waals surface area contributed by atoms with Crippen molar-refractivity contribution < 1.29 is 5.11 Å². The van der Waals surface area contributed by atoms with Crippen molar-refractivity contribution in [2.45, 2.75) is 26.8 Å². The molecule has 3 heteroatoms. The highest BCUT2D eigenvalue weighted by molar-refractivity contribution is 5.30. The summed E-state index contributed by atoms with van der Waals surface area (Å²) >= 11 is 0. The van der Waals surface area contributed by atoms with Gasteiger partial charge in [0, 0.05) is 45.9 Å². The summed E-state index contributed by atoms with van der Waals surface area (Å²) in [7, 11) is 0. The van der Waals surface area contributed by atoms with Crippen LogP contribution in [0.5, 0.6) is 0 Å². The van der Waals surface area contributed by atoms with Gasteiger partial charge in [0.2, 0.25) is 0 Å². The number of aliphatic hydroxyl groups excluding tert-OH is 1. The van der Waals surface area contributed by atoms with Crippen molar-refractivity contribution >= 4 is 0 Å². The van der Waals surface area contributed by atoms with E-state index in [0.717, 1.165) is 45.7 Å². The molecule has 1 heterocycles. The Labute approximate surface area is 116 Å². The number of rotatable bonds is 5. The van der Waals surface area contributed by atoms with Gasteiger partial charge in [-0.1, -0.05) is 23.8 Å². The summed E-state index contributed by atoms with van der Waals surface area (Å²) < 4.78 is 0. The lowest BCUT2D eigenvalue weighted by molar-refractivity contribution is 0.119. The van der Waals surface area contributed by atoms with E-state index in [1.807, 2.05) is 0 Å². The molecule has 1 N–H and O–H groups in total. The average Bonchev–Trinajstić information content (AvgIpc) is 2.42. The predicted molar refractivity (Wildman–Crippen MR) is 79.3 cm³/mol. The number of piperazine rings is 1. The van der Waals surface area contributed by atoms with Crippen LogP contribution in [-0.4, -0.2) is 54.2 Å². The molecule has 0 aromatic heterocycles. The quantitative estimate of drug-likeness (QED) is 0.876. The molecular formula is C16H26N2O. The summed E-state index contributed by atoms with van der Waals surface area (Å²) in [5, 5.41) is 8.86. The first-order valence-corrected chi connectivity index (χ1v) is 7.31. The van der Waals surface area contributed by atoms with Crippen LogP contribution < -0.4 is 0 Å². The summed E-state index contributed by atoms with van der Waals surface area (Å²) in [5.74, 6) is 0. The molecule has 1 aliphatic rings. The van der Waals surface area contributed by atoms with Crippen LogP contribution in [0.25, 0.3) is 0 Å². The third kappa shape index (κ3) is 4.30. The largest absolute Gasteiger partial charge is 0.396 e. The molecule has 1 aliphatic heterocycles. The Kier molecular flexibility index (Phi) is 5.37. The second-order valence-corrected chi connectivity index (χ2v) is 5.62. The van der Waals surface area contributed by atoms with Gasteiger partial charge in [0.25, 0.3) is 0 Å². The van der Waals surface area contributed by atoms with Crippen molar-refractivity contribution in [1.29, 1.82) is 0 Å². The Morgan fingerprint density at radius 2 is 1.74 bits per heavy atom. The van der Waals surface area contributed by atoms with Crippen LogP contribution in [0.2, 0.25) is 0 Å². The molecule has 106 valence electrons. The van der Waals surface area contributed by atoms with Crippen LogP contribution in [-0.2, 0) is 6.54 Å². The molecular weight excluding hydrogens is 236 g/mol. The SMILES string of the molecule is Cc1ccc(C)c(CN2CCN(CCCO)CC2)c1. The number of hydrogen-bond donors (Lipinski definition) is 1. The molecule has 0 atom stereocenters. The maximum absolute atomic E-state index is 8.86. The minimum Gasteiger partial charge on any atom is -0.396 e. The number of nitrogens with zero attached hydrogens (tertiary/aromatic N) is 2. The Hall–Kier alpha value is -0.900. The van der Waals surface area contributed by atoms with Crippen molar-refractivity contribution in [2.75, 3.05) is 39.3 Å². The molecule has 1 aromatic carbocycles. The van der Waals surface area contributed by atoms with E-state index < -0.39 is 0 Å². The summed E-state index contributed by atoms with van der Waals surface area (Å²) in [4.78, 5) is 4.99. The smallest absolute Gasteiger partial charge is 0.0443 e. The van der Waals surface area contributed by atoms with Crippen LogP contribution in [0.1, 0.15) is 23.1 Å². The van der Waals surface area contributed by atoms with Gasteiger partial charge in [0.1, 0.15) is 0 Å². The van der Waals surface area contributed by atoms with Crippen molar-refractivity contribution in [1.82, 2.24) is 9.80 Å². The van der Waals surface area contributed by atoms with Crippen LogP contribution >= 0.6 is 0 Å². The van der Waals surface area contributed by atoms with E-state index in [4.69, 9.17) is 5.11 Å². The molecule has 1 fully saturated rings. The van der Waals surface area contributed by atoms with Gasteiger partial charge >= 0.3 is 0 Å². The molecule has 0 amide bonds. The molecule has 0 spiro atoms. The zero-order valence-corrected chi connectivity index (χ0v) is 12.2. The lowest BCUT2D eigenvalue weighted by Gasteiger charge is -2.34. The van der Waals surface area contributed by atoms with Gasteiger partial charge in [0.05, 0.1) is 0 Å². The first kappa shape index (κ1) is 14.5. The summed E-state index contributed by atoms with van der Waals surface area (Å²) in [6.45, 7) is 11.3. The second-order valence-electron chi connectivity index (χ2n) is 5.62. The fourth-order valence-electron chi connectivity index (χ4n) is 2.68. The molecule has 0 aliphatic carbocycles. The second kappa shape index (κ2) is 7.04. The van der Waals surface area contributed by atoms with Crippen LogP contribution in [0.15, 0.2) is 18.2 Å². The monoisotopic (exact) mass is 262 g/mol. The molecule has 0 unspecified atom stereocenters. The number of hydrogen-bond acceptors (Lipinski definition) is 3. The van der Waals surface area contributed by atoms with Crippen molar-refractivity contribution in [2.24, 2.45) is 0 Å². The molecule has 1 saturated heterocycles. The highest BCUT2D eigenvalue weighted by atomic mass is 16.3. The Balaban J connectivity index is 1.83. The van der Waals surface area contributed by atoms with Gasteiger partial charge in [-0.2, -0.15) is 0 Å². The van der Waals surface area contributed by atoms with E-state index in [1.54, 1.807) is 0 Å².